The second-order valence-corrected chi connectivity index (χ2v) is 9.97. The van der Waals surface area contributed by atoms with Crippen LogP contribution in [0.4, 0.5) is 11.4 Å². The summed E-state index contributed by atoms with van der Waals surface area (Å²) in [6.07, 6.45) is 3.23. The summed E-state index contributed by atoms with van der Waals surface area (Å²) in [5.74, 6) is -1.66. The molecular weight excluding hydrogens is 582 g/mol. The Balaban J connectivity index is 1.38. The van der Waals surface area contributed by atoms with Crippen LogP contribution >= 0.6 is 0 Å². The van der Waals surface area contributed by atoms with Crippen molar-refractivity contribution in [3.05, 3.63) is 71.4 Å². The van der Waals surface area contributed by atoms with E-state index in [1.54, 1.807) is 72.0 Å². The van der Waals surface area contributed by atoms with E-state index >= 15 is 0 Å². The van der Waals surface area contributed by atoms with Crippen molar-refractivity contribution >= 4 is 57.8 Å². The number of guanidine groups is 2. The molecule has 0 saturated heterocycles. The fourth-order valence-corrected chi connectivity index (χ4v) is 4.41. The summed E-state index contributed by atoms with van der Waals surface area (Å²) in [5, 5.41) is 11.6. The van der Waals surface area contributed by atoms with Gasteiger partial charge in [-0.25, -0.2) is 0 Å². The summed E-state index contributed by atoms with van der Waals surface area (Å²) >= 11 is 0. The van der Waals surface area contributed by atoms with Gasteiger partial charge in [0.05, 0.1) is 24.5 Å². The van der Waals surface area contributed by atoms with Crippen molar-refractivity contribution in [3.8, 4) is 0 Å². The molecule has 3 heterocycles. The Morgan fingerprint density at radius 3 is 1.73 bits per heavy atom. The van der Waals surface area contributed by atoms with Crippen LogP contribution in [0.5, 0.6) is 0 Å². The molecule has 4 aromatic rings. The van der Waals surface area contributed by atoms with Gasteiger partial charge in [0.25, 0.3) is 23.6 Å². The molecule has 4 amide bonds. The lowest BCUT2D eigenvalue weighted by Gasteiger charge is -2.04. The molecule has 0 atom stereocenters. The standard InChI is InChI=1S/C28H35N13O4/c1-40-13-17(11-21(40)25(44)33-5-7-35-27(29)30)37-23(42)15-3-4-19-16(9-15)10-20(39-19)24(43)38-18-12-22(41(2)14-18)26(45)34-6-8-36-28(31)32/h3-4,9-14,39H,5-8H2,1-2H3,(H,33,44)(H,34,45)(H,37,42)(H,38,43)(H4,29,30,35)(H4,31,32,36). The first-order valence-corrected chi connectivity index (χ1v) is 13.7. The highest BCUT2D eigenvalue weighted by Gasteiger charge is 2.17. The monoisotopic (exact) mass is 617 g/mol. The fourth-order valence-electron chi connectivity index (χ4n) is 4.41. The van der Waals surface area contributed by atoms with Crippen molar-refractivity contribution in [1.82, 2.24) is 24.8 Å². The van der Waals surface area contributed by atoms with E-state index in [4.69, 9.17) is 22.9 Å². The van der Waals surface area contributed by atoms with Crippen molar-refractivity contribution in [3.63, 3.8) is 0 Å². The van der Waals surface area contributed by atoms with Crippen LogP contribution in [0.1, 0.15) is 41.8 Å². The molecule has 0 bridgehead atoms. The van der Waals surface area contributed by atoms with Gasteiger partial charge in [0.2, 0.25) is 0 Å². The third-order valence-electron chi connectivity index (χ3n) is 6.50. The zero-order valence-electron chi connectivity index (χ0n) is 24.7. The topological polar surface area (TPSA) is 271 Å². The average molecular weight is 618 g/mol. The molecule has 13 N–H and O–H groups in total. The molecule has 17 heteroatoms. The number of aromatic amines is 1. The van der Waals surface area contributed by atoms with Crippen molar-refractivity contribution < 1.29 is 19.2 Å². The van der Waals surface area contributed by atoms with Gasteiger partial charge in [-0.1, -0.05) is 0 Å². The van der Waals surface area contributed by atoms with Crippen LogP contribution in [0.25, 0.3) is 10.9 Å². The molecule has 3 aromatic heterocycles. The molecular formula is C28H35N13O4. The molecule has 0 aliphatic carbocycles. The lowest BCUT2D eigenvalue weighted by molar-refractivity contribution is 0.0938. The number of rotatable bonds is 12. The van der Waals surface area contributed by atoms with Gasteiger partial charge in [-0.05, 0) is 36.4 Å². The second kappa shape index (κ2) is 13.8. The number of fused-ring (bicyclic) bond motifs is 1. The minimum atomic E-state index is -0.434. The van der Waals surface area contributed by atoms with Gasteiger partial charge in [-0.3, -0.25) is 29.2 Å². The summed E-state index contributed by atoms with van der Waals surface area (Å²) in [5.41, 5.74) is 23.9. The van der Waals surface area contributed by atoms with Crippen LogP contribution in [0.15, 0.2) is 58.8 Å². The highest BCUT2D eigenvalue weighted by molar-refractivity contribution is 6.09. The number of aryl methyl sites for hydroxylation is 2. The third kappa shape index (κ3) is 8.19. The smallest absolute Gasteiger partial charge is 0.272 e. The number of amides is 4. The largest absolute Gasteiger partial charge is 0.370 e. The molecule has 1 aromatic carbocycles. The predicted molar refractivity (Wildman–Crippen MR) is 171 cm³/mol. The van der Waals surface area contributed by atoms with E-state index in [0.717, 1.165) is 0 Å². The maximum Gasteiger partial charge on any atom is 0.272 e. The number of carbonyl (C=O) groups is 4. The molecule has 0 aliphatic heterocycles. The number of hydrogen-bond donors (Lipinski definition) is 9. The number of nitrogens with one attached hydrogen (secondary N) is 5. The van der Waals surface area contributed by atoms with E-state index in [9.17, 15) is 19.2 Å². The zero-order valence-corrected chi connectivity index (χ0v) is 24.7. The Kier molecular flexibility index (Phi) is 9.72. The van der Waals surface area contributed by atoms with Gasteiger partial charge in [0.15, 0.2) is 11.9 Å². The van der Waals surface area contributed by atoms with Crippen LogP contribution in [-0.2, 0) is 14.1 Å². The van der Waals surface area contributed by atoms with E-state index in [-0.39, 0.29) is 55.6 Å². The zero-order chi connectivity index (χ0) is 32.7. The molecule has 17 nitrogen and oxygen atoms in total. The van der Waals surface area contributed by atoms with Crippen molar-refractivity contribution in [1.29, 1.82) is 0 Å². The number of aromatic nitrogens is 3. The van der Waals surface area contributed by atoms with E-state index in [2.05, 4.69) is 36.2 Å². The summed E-state index contributed by atoms with van der Waals surface area (Å²) in [6, 6.07) is 9.67. The van der Waals surface area contributed by atoms with Crippen molar-refractivity contribution in [2.24, 2.45) is 47.0 Å². The van der Waals surface area contributed by atoms with Crippen LogP contribution in [0.3, 0.4) is 0 Å². The van der Waals surface area contributed by atoms with E-state index in [0.29, 0.717) is 39.2 Å². The average Bonchev–Trinajstić information content (AvgIpc) is 3.68. The summed E-state index contributed by atoms with van der Waals surface area (Å²) < 4.78 is 3.17. The summed E-state index contributed by atoms with van der Waals surface area (Å²) in [6.45, 7) is 0.960. The first kappa shape index (κ1) is 31.7. The van der Waals surface area contributed by atoms with Crippen LogP contribution < -0.4 is 44.2 Å². The third-order valence-corrected chi connectivity index (χ3v) is 6.50. The number of carbonyl (C=O) groups excluding carboxylic acids is 4. The quantitative estimate of drug-likeness (QED) is 0.0559. The molecule has 0 radical (unpaired) electrons. The number of nitrogens with zero attached hydrogens (tertiary/aromatic N) is 4. The van der Waals surface area contributed by atoms with Gasteiger partial charge in [-0.2, -0.15) is 0 Å². The normalized spacial score (nSPS) is 10.6. The summed E-state index contributed by atoms with van der Waals surface area (Å²) in [7, 11) is 3.36. The van der Waals surface area contributed by atoms with Crippen LogP contribution in [0, 0.1) is 0 Å². The molecule has 0 spiro atoms. The van der Waals surface area contributed by atoms with Gasteiger partial charge in [0, 0.05) is 56.0 Å². The maximum atomic E-state index is 13.0. The summed E-state index contributed by atoms with van der Waals surface area (Å²) in [4.78, 5) is 61.6. The highest BCUT2D eigenvalue weighted by Crippen LogP contribution is 2.21. The lowest BCUT2D eigenvalue weighted by atomic mass is 10.1. The molecule has 4 rings (SSSR count). The number of aliphatic imine (C=N–C) groups is 2. The van der Waals surface area contributed by atoms with Gasteiger partial charge < -0.3 is 58.3 Å². The lowest BCUT2D eigenvalue weighted by Crippen LogP contribution is -2.29. The SMILES string of the molecule is Cn1cc(NC(=O)c2ccc3[nH]c(C(=O)Nc4cc(C(=O)NCCN=C(N)N)n(C)c4)cc3c2)cc1C(=O)NCCN=C(N)N. The van der Waals surface area contributed by atoms with Crippen LogP contribution in [0.2, 0.25) is 0 Å². The van der Waals surface area contributed by atoms with Crippen molar-refractivity contribution in [2.75, 3.05) is 36.8 Å². The number of H-pyrrole nitrogens is 1. The molecule has 45 heavy (non-hydrogen) atoms. The second-order valence-electron chi connectivity index (χ2n) is 9.97. The number of benzene rings is 1. The minimum absolute atomic E-state index is 0.0621. The first-order chi connectivity index (χ1) is 21.4. The van der Waals surface area contributed by atoms with Crippen LogP contribution in [-0.4, -0.2) is 75.8 Å². The number of anilines is 2. The Labute approximate surface area is 257 Å². The molecule has 0 unspecified atom stereocenters. The molecule has 0 saturated carbocycles. The Morgan fingerprint density at radius 2 is 1.22 bits per heavy atom. The fraction of sp³-hybridized carbons (Fsp3) is 0.214. The Bertz CT molecular complexity index is 1710. The molecule has 0 aliphatic rings. The Morgan fingerprint density at radius 1 is 0.711 bits per heavy atom. The maximum absolute atomic E-state index is 13.0. The first-order valence-electron chi connectivity index (χ1n) is 13.7. The van der Waals surface area contributed by atoms with Crippen molar-refractivity contribution in [2.45, 2.75) is 0 Å². The van der Waals surface area contributed by atoms with Gasteiger partial charge in [0.1, 0.15) is 17.1 Å². The van der Waals surface area contributed by atoms with Gasteiger partial charge in [-0.15, -0.1) is 0 Å². The van der Waals surface area contributed by atoms with Gasteiger partial charge >= 0.3 is 0 Å². The Hall–Kier alpha value is -6.26. The van der Waals surface area contributed by atoms with E-state index in [1.165, 1.54) is 0 Å². The minimum Gasteiger partial charge on any atom is -0.370 e. The molecule has 236 valence electrons. The predicted octanol–water partition coefficient (Wildman–Crippen LogP) is -0.644. The highest BCUT2D eigenvalue weighted by atomic mass is 16.2. The van der Waals surface area contributed by atoms with E-state index in [1.807, 2.05) is 0 Å². The molecule has 0 fully saturated rings. The number of nitrogens with two attached hydrogens (primary N) is 4. The number of hydrogen-bond acceptors (Lipinski definition) is 6. The van der Waals surface area contributed by atoms with E-state index < -0.39 is 11.8 Å².